The molecule has 0 unspecified atom stereocenters. The van der Waals surface area contributed by atoms with E-state index in [1.165, 1.54) is 0 Å². The fraction of sp³-hybridized carbons (Fsp3) is 0.571. The number of hydrogen-bond donors (Lipinski definition) is 0. The number of hydrogen-bond acceptors (Lipinski definition) is 1. The molecule has 1 saturated heterocycles. The summed E-state index contributed by atoms with van der Waals surface area (Å²) >= 11 is 0. The highest BCUT2D eigenvalue weighted by molar-refractivity contribution is 5.82. The molecular weight excluding hydrogens is 114 g/mol. The van der Waals surface area contributed by atoms with Gasteiger partial charge in [-0.2, -0.15) is 0 Å². The fourth-order valence-electron chi connectivity index (χ4n) is 1.07. The zero-order valence-electron chi connectivity index (χ0n) is 5.63. The lowest BCUT2D eigenvalue weighted by atomic mass is 10.1. The van der Waals surface area contributed by atoms with Crippen molar-refractivity contribution in [2.75, 3.05) is 13.6 Å². The molecule has 0 saturated carbocycles. The van der Waals surface area contributed by atoms with E-state index in [2.05, 4.69) is 6.58 Å². The van der Waals surface area contributed by atoms with Crippen molar-refractivity contribution in [1.82, 2.24) is 4.90 Å². The van der Waals surface area contributed by atoms with E-state index in [1.807, 2.05) is 7.05 Å². The SMILES string of the molecule is C=C[C@@H]1CCN(C)C1=O. The highest BCUT2D eigenvalue weighted by atomic mass is 16.2. The second-order valence-corrected chi connectivity index (χ2v) is 2.39. The second kappa shape index (κ2) is 2.21. The number of nitrogens with zero attached hydrogens (tertiary/aromatic N) is 1. The van der Waals surface area contributed by atoms with Crippen molar-refractivity contribution in [3.8, 4) is 0 Å². The van der Waals surface area contributed by atoms with Gasteiger partial charge in [0.15, 0.2) is 0 Å². The topological polar surface area (TPSA) is 20.3 Å². The van der Waals surface area contributed by atoms with Gasteiger partial charge < -0.3 is 4.90 Å². The summed E-state index contributed by atoms with van der Waals surface area (Å²) in [6.07, 6.45) is 2.67. The molecule has 1 aliphatic rings. The van der Waals surface area contributed by atoms with Crippen LogP contribution in [0.4, 0.5) is 0 Å². The molecule has 1 amide bonds. The summed E-state index contributed by atoms with van der Waals surface area (Å²) in [4.78, 5) is 12.7. The summed E-state index contributed by atoms with van der Waals surface area (Å²) in [5, 5.41) is 0. The normalized spacial score (nSPS) is 27.0. The molecule has 0 aliphatic carbocycles. The molecule has 0 spiro atoms. The van der Waals surface area contributed by atoms with Crippen LogP contribution in [-0.2, 0) is 4.79 Å². The standard InChI is InChI=1S/C7H11NO/c1-3-6-4-5-8(2)7(6)9/h3,6H,1,4-5H2,2H3/t6-/m1/s1. The van der Waals surface area contributed by atoms with Crippen LogP contribution in [0.1, 0.15) is 6.42 Å². The van der Waals surface area contributed by atoms with E-state index >= 15 is 0 Å². The van der Waals surface area contributed by atoms with Crippen molar-refractivity contribution in [1.29, 1.82) is 0 Å². The first kappa shape index (κ1) is 6.33. The Morgan fingerprint density at radius 3 is 2.78 bits per heavy atom. The summed E-state index contributed by atoms with van der Waals surface area (Å²) in [6, 6.07) is 0. The molecule has 50 valence electrons. The van der Waals surface area contributed by atoms with Crippen LogP contribution in [0.5, 0.6) is 0 Å². The van der Waals surface area contributed by atoms with Crippen molar-refractivity contribution in [2.45, 2.75) is 6.42 Å². The molecule has 2 nitrogen and oxygen atoms in total. The Bertz CT molecular complexity index is 142. The van der Waals surface area contributed by atoms with Gasteiger partial charge in [-0.15, -0.1) is 6.58 Å². The number of likely N-dealkylation sites (tertiary alicyclic amines) is 1. The lowest BCUT2D eigenvalue weighted by molar-refractivity contribution is -0.128. The highest BCUT2D eigenvalue weighted by Crippen LogP contribution is 2.15. The predicted octanol–water partition coefficient (Wildman–Crippen LogP) is 0.651. The minimum atomic E-state index is 0.0926. The first-order valence-electron chi connectivity index (χ1n) is 3.13. The van der Waals surface area contributed by atoms with Crippen LogP contribution in [-0.4, -0.2) is 24.4 Å². The average Bonchev–Trinajstić information content (AvgIpc) is 2.15. The molecule has 1 heterocycles. The number of carbonyl (C=O) groups is 1. The molecule has 1 atom stereocenters. The van der Waals surface area contributed by atoms with Crippen molar-refractivity contribution in [2.24, 2.45) is 5.92 Å². The van der Waals surface area contributed by atoms with Crippen molar-refractivity contribution in [3.63, 3.8) is 0 Å². The third-order valence-corrected chi connectivity index (χ3v) is 1.75. The summed E-state index contributed by atoms with van der Waals surface area (Å²) in [5.74, 6) is 0.306. The zero-order valence-corrected chi connectivity index (χ0v) is 5.63. The molecule has 0 aromatic rings. The Labute approximate surface area is 55.2 Å². The highest BCUT2D eigenvalue weighted by Gasteiger charge is 2.25. The van der Waals surface area contributed by atoms with Crippen LogP contribution in [0, 0.1) is 5.92 Å². The molecule has 0 radical (unpaired) electrons. The van der Waals surface area contributed by atoms with Gasteiger partial charge in [0.25, 0.3) is 0 Å². The Morgan fingerprint density at radius 1 is 1.89 bits per heavy atom. The van der Waals surface area contributed by atoms with Crippen LogP contribution in [0.25, 0.3) is 0 Å². The maximum atomic E-state index is 11.0. The Kier molecular flexibility index (Phi) is 1.56. The van der Waals surface area contributed by atoms with Crippen molar-refractivity contribution >= 4 is 5.91 Å². The zero-order chi connectivity index (χ0) is 6.85. The number of carbonyl (C=O) groups excluding carboxylic acids is 1. The van der Waals surface area contributed by atoms with E-state index in [9.17, 15) is 4.79 Å². The molecular formula is C7H11NO. The van der Waals surface area contributed by atoms with Gasteiger partial charge in [0, 0.05) is 13.6 Å². The van der Waals surface area contributed by atoms with Crippen LogP contribution in [0.15, 0.2) is 12.7 Å². The molecule has 2 heteroatoms. The Hall–Kier alpha value is -0.790. The predicted molar refractivity (Wildman–Crippen MR) is 35.9 cm³/mol. The average molecular weight is 125 g/mol. The molecule has 1 fully saturated rings. The molecule has 0 aromatic carbocycles. The third-order valence-electron chi connectivity index (χ3n) is 1.75. The minimum absolute atomic E-state index is 0.0926. The Morgan fingerprint density at radius 2 is 2.56 bits per heavy atom. The van der Waals surface area contributed by atoms with Gasteiger partial charge in [-0.25, -0.2) is 0 Å². The summed E-state index contributed by atoms with van der Waals surface area (Å²) in [5.41, 5.74) is 0. The van der Waals surface area contributed by atoms with Crippen LogP contribution < -0.4 is 0 Å². The van der Waals surface area contributed by atoms with Crippen molar-refractivity contribution < 1.29 is 4.79 Å². The number of rotatable bonds is 1. The molecule has 0 aromatic heterocycles. The van der Waals surface area contributed by atoms with E-state index < -0.39 is 0 Å². The lowest BCUT2D eigenvalue weighted by Gasteiger charge is -2.05. The first-order chi connectivity index (χ1) is 4.25. The second-order valence-electron chi connectivity index (χ2n) is 2.39. The van der Waals surface area contributed by atoms with Crippen molar-refractivity contribution in [3.05, 3.63) is 12.7 Å². The quantitative estimate of drug-likeness (QED) is 0.471. The molecule has 0 bridgehead atoms. The number of amides is 1. The van der Waals surface area contributed by atoms with Crippen LogP contribution >= 0.6 is 0 Å². The van der Waals surface area contributed by atoms with Gasteiger partial charge >= 0.3 is 0 Å². The minimum Gasteiger partial charge on any atom is -0.345 e. The van der Waals surface area contributed by atoms with E-state index in [1.54, 1.807) is 11.0 Å². The lowest BCUT2D eigenvalue weighted by Crippen LogP contribution is -2.21. The monoisotopic (exact) mass is 125 g/mol. The summed E-state index contributed by atoms with van der Waals surface area (Å²) in [7, 11) is 1.83. The largest absolute Gasteiger partial charge is 0.345 e. The molecule has 1 rings (SSSR count). The van der Waals surface area contributed by atoms with E-state index in [0.717, 1.165) is 13.0 Å². The van der Waals surface area contributed by atoms with Gasteiger partial charge in [-0.3, -0.25) is 4.79 Å². The van der Waals surface area contributed by atoms with Gasteiger partial charge in [0.1, 0.15) is 0 Å². The van der Waals surface area contributed by atoms with Crippen LogP contribution in [0.2, 0.25) is 0 Å². The van der Waals surface area contributed by atoms with Gasteiger partial charge in [0.2, 0.25) is 5.91 Å². The molecule has 0 N–H and O–H groups in total. The fourth-order valence-corrected chi connectivity index (χ4v) is 1.07. The van der Waals surface area contributed by atoms with E-state index in [4.69, 9.17) is 0 Å². The van der Waals surface area contributed by atoms with Crippen LogP contribution in [0.3, 0.4) is 0 Å². The molecule has 1 aliphatic heterocycles. The third kappa shape index (κ3) is 0.969. The summed E-state index contributed by atoms with van der Waals surface area (Å²) in [6.45, 7) is 4.46. The maximum absolute atomic E-state index is 11.0. The molecule has 9 heavy (non-hydrogen) atoms. The first-order valence-corrected chi connectivity index (χ1v) is 3.13. The van der Waals surface area contributed by atoms with Gasteiger partial charge in [-0.05, 0) is 6.42 Å². The smallest absolute Gasteiger partial charge is 0.229 e. The Balaban J connectivity index is 2.61. The van der Waals surface area contributed by atoms with E-state index in [-0.39, 0.29) is 11.8 Å². The van der Waals surface area contributed by atoms with E-state index in [0.29, 0.717) is 0 Å². The van der Waals surface area contributed by atoms with Gasteiger partial charge in [0.05, 0.1) is 5.92 Å². The van der Waals surface area contributed by atoms with Gasteiger partial charge in [-0.1, -0.05) is 6.08 Å². The maximum Gasteiger partial charge on any atom is 0.229 e. The summed E-state index contributed by atoms with van der Waals surface area (Å²) < 4.78 is 0.